The van der Waals surface area contributed by atoms with Crippen LogP contribution in [0.5, 0.6) is 0 Å². The molecule has 1 saturated heterocycles. The first-order valence-electron chi connectivity index (χ1n) is 12.5. The summed E-state index contributed by atoms with van der Waals surface area (Å²) in [5, 5.41) is 4.57. The predicted octanol–water partition coefficient (Wildman–Crippen LogP) is 6.13. The first-order valence-corrected chi connectivity index (χ1v) is 12.8. The Morgan fingerprint density at radius 1 is 0.765 bits per heavy atom. The van der Waals surface area contributed by atoms with E-state index in [4.69, 9.17) is 11.6 Å². The monoisotopic (exact) mass is 475 g/mol. The molecule has 1 aliphatic rings. The molecule has 0 aliphatic carbocycles. The average molecular weight is 476 g/mol. The van der Waals surface area contributed by atoms with Gasteiger partial charge in [0.2, 0.25) is 0 Å². The van der Waals surface area contributed by atoms with Crippen LogP contribution in [0.15, 0.2) is 78.9 Å². The maximum Gasteiger partial charge on any atom is 0.0577 e. The van der Waals surface area contributed by atoms with E-state index >= 15 is 0 Å². The third-order valence-corrected chi connectivity index (χ3v) is 7.06. The minimum absolute atomic E-state index is 0.177. The average Bonchev–Trinajstić information content (AvgIpc) is 2.84. The highest BCUT2D eigenvalue weighted by molar-refractivity contribution is 6.30. The van der Waals surface area contributed by atoms with Crippen LogP contribution in [0.1, 0.15) is 49.1 Å². The van der Waals surface area contributed by atoms with Gasteiger partial charge in [-0.25, -0.2) is 0 Å². The third kappa shape index (κ3) is 6.93. The lowest BCUT2D eigenvalue weighted by atomic mass is 9.87. The van der Waals surface area contributed by atoms with E-state index in [1.165, 1.54) is 22.3 Å². The highest BCUT2D eigenvalue weighted by Gasteiger charge is 2.19. The van der Waals surface area contributed by atoms with Gasteiger partial charge < -0.3 is 5.32 Å². The molecule has 1 aliphatic heterocycles. The predicted molar refractivity (Wildman–Crippen MR) is 145 cm³/mol. The second-order valence-electron chi connectivity index (χ2n) is 10.4. The van der Waals surface area contributed by atoms with E-state index in [0.717, 1.165) is 50.8 Å². The number of rotatable bonds is 8. The first-order chi connectivity index (χ1) is 16.4. The van der Waals surface area contributed by atoms with Crippen molar-refractivity contribution >= 4 is 11.6 Å². The maximum atomic E-state index is 6.12. The summed E-state index contributed by atoms with van der Waals surface area (Å²) in [6, 6.07) is 28.2. The molecule has 3 aromatic carbocycles. The molecule has 1 N–H and O–H groups in total. The highest BCUT2D eigenvalue weighted by atomic mass is 35.5. The number of nitrogens with one attached hydrogen (secondary N) is 1. The number of benzene rings is 3. The van der Waals surface area contributed by atoms with Crippen LogP contribution in [0.3, 0.4) is 0 Å². The molecule has 0 saturated carbocycles. The molecule has 3 aromatic rings. The Hall–Kier alpha value is -2.17. The molecule has 0 radical (unpaired) electrons. The van der Waals surface area contributed by atoms with Crippen LogP contribution in [0, 0.1) is 0 Å². The lowest BCUT2D eigenvalue weighted by Gasteiger charge is -2.35. The Labute approximate surface area is 210 Å². The number of nitrogens with zero attached hydrogens (tertiary/aromatic N) is 2. The smallest absolute Gasteiger partial charge is 0.0577 e. The van der Waals surface area contributed by atoms with Gasteiger partial charge in [-0.2, -0.15) is 0 Å². The van der Waals surface area contributed by atoms with Crippen molar-refractivity contribution in [1.82, 2.24) is 15.1 Å². The van der Waals surface area contributed by atoms with Gasteiger partial charge in [-0.1, -0.05) is 99.1 Å². The quantitative estimate of drug-likeness (QED) is 0.422. The molecule has 1 fully saturated rings. The van der Waals surface area contributed by atoms with Crippen molar-refractivity contribution in [2.45, 2.75) is 38.8 Å². The van der Waals surface area contributed by atoms with Gasteiger partial charge in [-0.3, -0.25) is 9.80 Å². The van der Waals surface area contributed by atoms with Crippen LogP contribution in [-0.2, 0) is 12.0 Å². The van der Waals surface area contributed by atoms with Crippen molar-refractivity contribution < 1.29 is 0 Å². The van der Waals surface area contributed by atoms with E-state index in [2.05, 4.69) is 103 Å². The molecule has 0 amide bonds. The van der Waals surface area contributed by atoms with Gasteiger partial charge in [0.15, 0.2) is 0 Å². The van der Waals surface area contributed by atoms with Gasteiger partial charge in [0.1, 0.15) is 0 Å². The fourth-order valence-electron chi connectivity index (χ4n) is 4.64. The van der Waals surface area contributed by atoms with Crippen molar-refractivity contribution in [3.05, 3.63) is 106 Å². The topological polar surface area (TPSA) is 18.5 Å². The van der Waals surface area contributed by atoms with E-state index in [9.17, 15) is 0 Å². The number of piperazine rings is 1. The molecule has 180 valence electrons. The van der Waals surface area contributed by atoms with Crippen LogP contribution >= 0.6 is 11.6 Å². The summed E-state index contributed by atoms with van der Waals surface area (Å²) in [5.74, 6) is 0. The van der Waals surface area contributed by atoms with Gasteiger partial charge in [0.05, 0.1) is 6.04 Å². The van der Waals surface area contributed by atoms with E-state index in [1.54, 1.807) is 0 Å². The van der Waals surface area contributed by atoms with Crippen LogP contribution in [-0.4, -0.2) is 49.1 Å². The Bertz CT molecular complexity index is 1000. The van der Waals surface area contributed by atoms with E-state index in [-0.39, 0.29) is 11.5 Å². The van der Waals surface area contributed by atoms with Crippen LogP contribution in [0.2, 0.25) is 5.02 Å². The number of hydrogen-bond acceptors (Lipinski definition) is 3. The zero-order valence-corrected chi connectivity index (χ0v) is 21.6. The second-order valence-corrected chi connectivity index (χ2v) is 10.9. The van der Waals surface area contributed by atoms with Gasteiger partial charge >= 0.3 is 0 Å². The zero-order chi connectivity index (χ0) is 24.0. The second kappa shape index (κ2) is 11.5. The first kappa shape index (κ1) is 24.9. The molecule has 1 atom stereocenters. The van der Waals surface area contributed by atoms with Gasteiger partial charge in [0.25, 0.3) is 0 Å². The van der Waals surface area contributed by atoms with Crippen LogP contribution in [0.4, 0.5) is 0 Å². The Morgan fingerprint density at radius 2 is 1.35 bits per heavy atom. The summed E-state index contributed by atoms with van der Waals surface area (Å²) in [7, 11) is 0. The van der Waals surface area contributed by atoms with Gasteiger partial charge in [-0.15, -0.1) is 0 Å². The van der Waals surface area contributed by atoms with Crippen molar-refractivity contribution in [2.24, 2.45) is 0 Å². The Balaban J connectivity index is 1.25. The largest absolute Gasteiger partial charge is 0.305 e. The zero-order valence-electron chi connectivity index (χ0n) is 20.8. The molecular formula is C30H38ClN3. The fourth-order valence-corrected chi connectivity index (χ4v) is 4.76. The third-order valence-electron chi connectivity index (χ3n) is 6.80. The molecule has 0 aromatic heterocycles. The van der Waals surface area contributed by atoms with E-state index < -0.39 is 0 Å². The normalized spacial score (nSPS) is 16.5. The van der Waals surface area contributed by atoms with Crippen LogP contribution in [0.25, 0.3) is 0 Å². The summed E-state index contributed by atoms with van der Waals surface area (Å²) >= 11 is 6.12. The maximum absolute atomic E-state index is 6.12. The van der Waals surface area contributed by atoms with Gasteiger partial charge in [-0.05, 0) is 39.8 Å². The molecule has 1 unspecified atom stereocenters. The van der Waals surface area contributed by atoms with E-state index in [1.807, 2.05) is 12.1 Å². The standard InChI is InChI=1S/C30H38ClN3/c1-30(2,3)27-13-9-24(10-14-27)23-34-21-19-33(20-22-34)18-17-32-29(25-7-5-4-6-8-25)26-11-15-28(31)16-12-26/h4-16,29,32H,17-23H2,1-3H3. The SMILES string of the molecule is CC(C)(C)c1ccc(CN2CCN(CCNC(c3ccccc3)c3ccc(Cl)cc3)CC2)cc1. The Kier molecular flexibility index (Phi) is 8.44. The molecule has 34 heavy (non-hydrogen) atoms. The fraction of sp³-hybridized carbons (Fsp3) is 0.400. The lowest BCUT2D eigenvalue weighted by molar-refractivity contribution is 0.127. The number of halogens is 1. The summed E-state index contributed by atoms with van der Waals surface area (Å²) in [6.07, 6.45) is 0. The minimum Gasteiger partial charge on any atom is -0.305 e. The molecule has 0 bridgehead atoms. The highest BCUT2D eigenvalue weighted by Crippen LogP contribution is 2.24. The summed E-state index contributed by atoms with van der Waals surface area (Å²) in [5.41, 5.74) is 5.56. The molecule has 4 rings (SSSR count). The molecule has 3 nitrogen and oxygen atoms in total. The molecule has 0 spiro atoms. The summed E-state index contributed by atoms with van der Waals surface area (Å²) in [6.45, 7) is 14.4. The summed E-state index contributed by atoms with van der Waals surface area (Å²) in [4.78, 5) is 5.16. The molecular weight excluding hydrogens is 438 g/mol. The number of hydrogen-bond donors (Lipinski definition) is 1. The molecule has 1 heterocycles. The lowest BCUT2D eigenvalue weighted by Crippen LogP contribution is -2.47. The summed E-state index contributed by atoms with van der Waals surface area (Å²) < 4.78 is 0. The van der Waals surface area contributed by atoms with E-state index in [0.29, 0.717) is 0 Å². The van der Waals surface area contributed by atoms with Crippen molar-refractivity contribution in [3.63, 3.8) is 0 Å². The van der Waals surface area contributed by atoms with Crippen LogP contribution < -0.4 is 5.32 Å². The van der Waals surface area contributed by atoms with Crippen molar-refractivity contribution in [1.29, 1.82) is 0 Å². The Morgan fingerprint density at radius 3 is 1.97 bits per heavy atom. The van der Waals surface area contributed by atoms with Crippen molar-refractivity contribution in [3.8, 4) is 0 Å². The van der Waals surface area contributed by atoms with Gasteiger partial charge in [0, 0.05) is 50.8 Å². The minimum atomic E-state index is 0.177. The van der Waals surface area contributed by atoms with Crippen molar-refractivity contribution in [2.75, 3.05) is 39.3 Å². The molecule has 4 heteroatoms.